The second-order valence-corrected chi connectivity index (χ2v) is 4.77. The Bertz CT molecular complexity index is 585. The molecule has 5 nitrogen and oxygen atoms in total. The van der Waals surface area contributed by atoms with E-state index in [4.69, 9.17) is 4.74 Å². The summed E-state index contributed by atoms with van der Waals surface area (Å²) in [6.45, 7) is 2.33. The van der Waals surface area contributed by atoms with Crippen LogP contribution in [0.15, 0.2) is 54.6 Å². The van der Waals surface area contributed by atoms with Crippen molar-refractivity contribution < 1.29 is 14.3 Å². The van der Waals surface area contributed by atoms with Crippen LogP contribution in [0.1, 0.15) is 12.5 Å². The van der Waals surface area contributed by atoms with Gasteiger partial charge in [-0.1, -0.05) is 30.3 Å². The van der Waals surface area contributed by atoms with E-state index < -0.39 is 12.1 Å². The van der Waals surface area contributed by atoms with Crippen molar-refractivity contribution in [2.24, 2.45) is 0 Å². The van der Waals surface area contributed by atoms with Gasteiger partial charge in [0.2, 0.25) is 0 Å². The van der Waals surface area contributed by atoms with Gasteiger partial charge in [0.25, 0.3) is 0 Å². The molecule has 0 aliphatic heterocycles. The first-order valence-electron chi connectivity index (χ1n) is 7.06. The summed E-state index contributed by atoms with van der Waals surface area (Å²) in [5.41, 5.74) is 8.37. The van der Waals surface area contributed by atoms with Crippen molar-refractivity contribution in [3.05, 3.63) is 60.2 Å². The maximum atomic E-state index is 11.3. The molecule has 22 heavy (non-hydrogen) atoms. The van der Waals surface area contributed by atoms with Crippen LogP contribution in [0.2, 0.25) is 0 Å². The van der Waals surface area contributed by atoms with Gasteiger partial charge in [0, 0.05) is 12.2 Å². The van der Waals surface area contributed by atoms with E-state index in [0.717, 1.165) is 11.3 Å². The highest BCUT2D eigenvalue weighted by atomic mass is 16.6. The van der Waals surface area contributed by atoms with Gasteiger partial charge in [-0.15, -0.1) is 0 Å². The first-order valence-corrected chi connectivity index (χ1v) is 7.06. The van der Waals surface area contributed by atoms with Crippen molar-refractivity contribution in [3.63, 3.8) is 0 Å². The minimum atomic E-state index is -0.617. The van der Waals surface area contributed by atoms with Gasteiger partial charge in [0.15, 0.2) is 6.10 Å². The molecule has 0 saturated carbocycles. The van der Waals surface area contributed by atoms with Crippen LogP contribution in [-0.4, -0.2) is 19.2 Å². The Kier molecular flexibility index (Phi) is 5.80. The van der Waals surface area contributed by atoms with Crippen LogP contribution in [0.25, 0.3) is 0 Å². The third-order valence-electron chi connectivity index (χ3n) is 3.07. The molecule has 5 heteroatoms. The van der Waals surface area contributed by atoms with E-state index in [1.165, 1.54) is 7.11 Å². The third kappa shape index (κ3) is 4.79. The molecule has 0 saturated heterocycles. The van der Waals surface area contributed by atoms with Crippen LogP contribution < -0.4 is 15.6 Å². The van der Waals surface area contributed by atoms with E-state index in [1.54, 1.807) is 6.92 Å². The normalized spacial score (nSPS) is 11.5. The van der Waals surface area contributed by atoms with Crippen LogP contribution in [-0.2, 0) is 16.1 Å². The number of benzene rings is 2. The number of para-hydroxylation sites is 1. The van der Waals surface area contributed by atoms with Crippen LogP contribution in [0.3, 0.4) is 0 Å². The molecule has 2 rings (SSSR count). The van der Waals surface area contributed by atoms with E-state index in [2.05, 4.69) is 15.6 Å². The first kappa shape index (κ1) is 15.9. The zero-order chi connectivity index (χ0) is 15.8. The zero-order valence-electron chi connectivity index (χ0n) is 12.7. The molecular formula is C17H20N2O3. The number of carbonyl (C=O) groups is 1. The summed E-state index contributed by atoms with van der Waals surface area (Å²) in [6, 6.07) is 17.4. The summed E-state index contributed by atoms with van der Waals surface area (Å²) in [4.78, 5) is 11.3. The van der Waals surface area contributed by atoms with E-state index in [-0.39, 0.29) is 0 Å². The smallest absolute Gasteiger partial charge is 0.346 e. The Morgan fingerprint density at radius 3 is 2.41 bits per heavy atom. The highest BCUT2D eigenvalue weighted by Gasteiger charge is 2.14. The van der Waals surface area contributed by atoms with Crippen molar-refractivity contribution in [2.45, 2.75) is 19.6 Å². The van der Waals surface area contributed by atoms with Gasteiger partial charge in [-0.3, -0.25) is 0 Å². The second kappa shape index (κ2) is 8.05. The number of methoxy groups -OCH3 is 1. The Morgan fingerprint density at radius 2 is 1.77 bits per heavy atom. The quantitative estimate of drug-likeness (QED) is 0.608. The predicted molar refractivity (Wildman–Crippen MR) is 85.5 cm³/mol. The van der Waals surface area contributed by atoms with Gasteiger partial charge in [0.1, 0.15) is 5.75 Å². The number of nitrogens with one attached hydrogen (secondary N) is 2. The third-order valence-corrected chi connectivity index (χ3v) is 3.07. The minimum Gasteiger partial charge on any atom is -0.479 e. The topological polar surface area (TPSA) is 59.6 Å². The summed E-state index contributed by atoms with van der Waals surface area (Å²) < 4.78 is 10.1. The fourth-order valence-electron chi connectivity index (χ4n) is 1.87. The van der Waals surface area contributed by atoms with Gasteiger partial charge in [0.05, 0.1) is 7.11 Å². The van der Waals surface area contributed by atoms with Crippen molar-refractivity contribution in [3.8, 4) is 5.75 Å². The predicted octanol–water partition coefficient (Wildman–Crippen LogP) is 2.74. The average Bonchev–Trinajstić information content (AvgIpc) is 2.56. The van der Waals surface area contributed by atoms with Crippen molar-refractivity contribution >= 4 is 11.7 Å². The number of rotatable bonds is 7. The first-order chi connectivity index (χ1) is 10.7. The van der Waals surface area contributed by atoms with Crippen LogP contribution in [0.4, 0.5) is 5.69 Å². The molecule has 0 heterocycles. The highest BCUT2D eigenvalue weighted by molar-refractivity contribution is 5.74. The number of hydrogen-bond acceptors (Lipinski definition) is 5. The average molecular weight is 300 g/mol. The van der Waals surface area contributed by atoms with Gasteiger partial charge < -0.3 is 14.9 Å². The minimum absolute atomic E-state index is 0.391. The lowest BCUT2D eigenvalue weighted by Crippen LogP contribution is -2.25. The van der Waals surface area contributed by atoms with Crippen LogP contribution in [0.5, 0.6) is 5.75 Å². The fourth-order valence-corrected chi connectivity index (χ4v) is 1.87. The summed E-state index contributed by atoms with van der Waals surface area (Å²) in [7, 11) is 1.34. The second-order valence-electron chi connectivity index (χ2n) is 4.77. The van der Waals surface area contributed by atoms with Gasteiger partial charge in [-0.2, -0.15) is 0 Å². The number of esters is 1. The molecule has 1 unspecified atom stereocenters. The van der Waals surface area contributed by atoms with Gasteiger partial charge >= 0.3 is 5.97 Å². The Morgan fingerprint density at radius 1 is 1.09 bits per heavy atom. The summed E-state index contributed by atoms with van der Waals surface area (Å²) in [6.07, 6.45) is -0.617. The number of carbonyl (C=O) groups excluding carboxylic acids is 1. The van der Waals surface area contributed by atoms with Gasteiger partial charge in [-0.05, 0) is 36.8 Å². The van der Waals surface area contributed by atoms with E-state index in [1.807, 2.05) is 54.6 Å². The number of ether oxygens (including phenoxy) is 2. The maximum absolute atomic E-state index is 11.3. The van der Waals surface area contributed by atoms with Gasteiger partial charge in [-0.25, -0.2) is 10.2 Å². The molecule has 0 aliphatic rings. The monoisotopic (exact) mass is 300 g/mol. The largest absolute Gasteiger partial charge is 0.479 e. The molecule has 0 radical (unpaired) electrons. The lowest BCUT2D eigenvalue weighted by molar-refractivity contribution is -0.147. The molecule has 2 aromatic rings. The maximum Gasteiger partial charge on any atom is 0.346 e. The summed E-state index contributed by atoms with van der Waals surface area (Å²) in [5.74, 6) is 0.246. The van der Waals surface area contributed by atoms with Crippen LogP contribution >= 0.6 is 0 Å². The molecule has 2 N–H and O–H groups in total. The van der Waals surface area contributed by atoms with Crippen molar-refractivity contribution in [1.29, 1.82) is 0 Å². The fraction of sp³-hybridized carbons (Fsp3) is 0.235. The molecule has 0 fully saturated rings. The summed E-state index contributed by atoms with van der Waals surface area (Å²) in [5, 5.41) is 0. The van der Waals surface area contributed by atoms with Crippen molar-refractivity contribution in [1.82, 2.24) is 5.43 Å². The lowest BCUT2D eigenvalue weighted by Gasteiger charge is -2.13. The molecule has 116 valence electrons. The molecule has 0 aliphatic carbocycles. The summed E-state index contributed by atoms with van der Waals surface area (Å²) >= 11 is 0. The number of anilines is 1. The molecule has 1 atom stereocenters. The SMILES string of the molecule is COC(=O)C(C)Oc1ccc(CNNc2ccccc2)cc1. The Hall–Kier alpha value is -2.53. The lowest BCUT2D eigenvalue weighted by atomic mass is 10.2. The van der Waals surface area contributed by atoms with E-state index >= 15 is 0 Å². The standard InChI is InChI=1S/C17H20N2O3/c1-13(17(20)21-2)22-16-10-8-14(9-11-16)12-18-19-15-6-4-3-5-7-15/h3-11,13,18-19H,12H2,1-2H3. The molecule has 0 spiro atoms. The van der Waals surface area contributed by atoms with Crippen LogP contribution in [0, 0.1) is 0 Å². The molecule has 0 amide bonds. The highest BCUT2D eigenvalue weighted by Crippen LogP contribution is 2.14. The molecular weight excluding hydrogens is 280 g/mol. The van der Waals surface area contributed by atoms with Crippen molar-refractivity contribution in [2.75, 3.05) is 12.5 Å². The molecule has 0 bridgehead atoms. The zero-order valence-corrected chi connectivity index (χ0v) is 12.7. The Labute approximate surface area is 130 Å². The molecule has 0 aromatic heterocycles. The number of hydrazine groups is 1. The number of hydrogen-bond donors (Lipinski definition) is 2. The molecule has 2 aromatic carbocycles. The van der Waals surface area contributed by atoms with E-state index in [0.29, 0.717) is 12.3 Å². The van der Waals surface area contributed by atoms with E-state index in [9.17, 15) is 4.79 Å². The Balaban J connectivity index is 1.80.